The van der Waals surface area contributed by atoms with Crippen molar-refractivity contribution in [2.45, 2.75) is 72.4 Å². The van der Waals surface area contributed by atoms with Crippen LogP contribution in [-0.2, 0) is 11.8 Å². The van der Waals surface area contributed by atoms with Gasteiger partial charge in [-0.2, -0.15) is 5.10 Å². The first-order chi connectivity index (χ1) is 11.7. The van der Waals surface area contributed by atoms with Gasteiger partial charge in [0.25, 0.3) is 0 Å². The molecule has 5 heteroatoms. The van der Waals surface area contributed by atoms with Crippen LogP contribution in [0.2, 0.25) is 0 Å². The summed E-state index contributed by atoms with van der Waals surface area (Å²) in [6.45, 7) is 13.4. The van der Waals surface area contributed by atoms with E-state index in [4.69, 9.17) is 0 Å². The summed E-state index contributed by atoms with van der Waals surface area (Å²) in [6.07, 6.45) is 4.68. The first-order valence-corrected chi connectivity index (χ1v) is 9.75. The molecule has 0 radical (unpaired) electrons. The Hall–Kier alpha value is -1.36. The number of aryl methyl sites for hydroxylation is 2. The van der Waals surface area contributed by atoms with Crippen LogP contribution < -0.4 is 0 Å². The van der Waals surface area contributed by atoms with Crippen LogP contribution in [0.5, 0.6) is 0 Å². The highest BCUT2D eigenvalue weighted by Gasteiger charge is 2.37. The van der Waals surface area contributed by atoms with E-state index in [-0.39, 0.29) is 5.41 Å². The second-order valence-electron chi connectivity index (χ2n) is 8.88. The largest absolute Gasteiger partial charge is 0.342 e. The molecule has 5 nitrogen and oxygen atoms in total. The minimum atomic E-state index is -0.271. The average Bonchev–Trinajstić information content (AvgIpc) is 3.11. The number of carbonyl (C=O) groups excluding carboxylic acids is 1. The number of piperidine rings is 1. The number of nitrogens with zero attached hydrogens (tertiary/aromatic N) is 4. The van der Waals surface area contributed by atoms with Gasteiger partial charge in [0.05, 0.1) is 5.69 Å². The fourth-order valence-corrected chi connectivity index (χ4v) is 4.68. The predicted octanol–water partition coefficient (Wildman–Crippen LogP) is 3.21. The lowest BCUT2D eigenvalue weighted by Crippen LogP contribution is -2.49. The third-order valence-corrected chi connectivity index (χ3v) is 6.05. The minimum absolute atomic E-state index is 0.271. The molecule has 0 unspecified atom stereocenters. The lowest BCUT2D eigenvalue weighted by atomic mass is 9.92. The second kappa shape index (κ2) is 6.75. The van der Waals surface area contributed by atoms with Crippen molar-refractivity contribution in [2.24, 2.45) is 12.5 Å². The van der Waals surface area contributed by atoms with Crippen molar-refractivity contribution in [1.29, 1.82) is 0 Å². The molecule has 1 atom stereocenters. The van der Waals surface area contributed by atoms with Crippen molar-refractivity contribution in [3.8, 4) is 0 Å². The summed E-state index contributed by atoms with van der Waals surface area (Å²) in [4.78, 5) is 17.3. The molecule has 1 amide bonds. The standard InChI is InChI=1S/C20H34N4O/c1-14-18(15(2)22(6)21-14)17-8-7-11-24(17)16-9-12-23(13-10-16)19(25)20(3,4)5/h16-17H,7-13H2,1-6H3/t17-/m0/s1. The zero-order valence-electron chi connectivity index (χ0n) is 16.8. The highest BCUT2D eigenvalue weighted by Crippen LogP contribution is 2.39. The van der Waals surface area contributed by atoms with Gasteiger partial charge in [0.2, 0.25) is 5.91 Å². The lowest BCUT2D eigenvalue weighted by molar-refractivity contribution is -0.141. The van der Waals surface area contributed by atoms with Crippen molar-refractivity contribution in [2.75, 3.05) is 19.6 Å². The topological polar surface area (TPSA) is 41.4 Å². The van der Waals surface area contributed by atoms with Gasteiger partial charge < -0.3 is 4.90 Å². The lowest BCUT2D eigenvalue weighted by Gasteiger charge is -2.41. The average molecular weight is 347 g/mol. The van der Waals surface area contributed by atoms with E-state index in [9.17, 15) is 4.79 Å². The molecular formula is C20H34N4O. The normalized spacial score (nSPS) is 23.4. The van der Waals surface area contributed by atoms with Crippen LogP contribution >= 0.6 is 0 Å². The molecule has 2 fully saturated rings. The molecule has 1 aromatic heterocycles. The Labute approximate surface area is 152 Å². The van der Waals surface area contributed by atoms with E-state index in [1.54, 1.807) is 0 Å². The highest BCUT2D eigenvalue weighted by atomic mass is 16.2. The number of aromatic nitrogens is 2. The van der Waals surface area contributed by atoms with Gasteiger partial charge in [-0.05, 0) is 46.1 Å². The molecule has 0 bridgehead atoms. The zero-order chi connectivity index (χ0) is 18.4. The van der Waals surface area contributed by atoms with Gasteiger partial charge in [-0.15, -0.1) is 0 Å². The smallest absolute Gasteiger partial charge is 0.227 e. The van der Waals surface area contributed by atoms with Gasteiger partial charge in [-0.25, -0.2) is 0 Å². The highest BCUT2D eigenvalue weighted by molar-refractivity contribution is 5.81. The Morgan fingerprint density at radius 2 is 1.72 bits per heavy atom. The molecule has 3 heterocycles. The van der Waals surface area contributed by atoms with Crippen molar-refractivity contribution in [3.05, 3.63) is 17.0 Å². The van der Waals surface area contributed by atoms with Crippen LogP contribution in [0.1, 0.15) is 69.4 Å². The first-order valence-electron chi connectivity index (χ1n) is 9.75. The van der Waals surface area contributed by atoms with E-state index >= 15 is 0 Å². The van der Waals surface area contributed by atoms with Crippen LogP contribution in [-0.4, -0.2) is 51.2 Å². The molecule has 0 spiro atoms. The number of carbonyl (C=O) groups is 1. The van der Waals surface area contributed by atoms with E-state index in [1.165, 1.54) is 36.3 Å². The van der Waals surface area contributed by atoms with Crippen LogP contribution in [0, 0.1) is 19.3 Å². The Morgan fingerprint density at radius 3 is 2.24 bits per heavy atom. The van der Waals surface area contributed by atoms with Gasteiger partial charge in [0, 0.05) is 48.9 Å². The van der Waals surface area contributed by atoms with E-state index in [0.717, 1.165) is 25.9 Å². The van der Waals surface area contributed by atoms with Crippen LogP contribution in [0.15, 0.2) is 0 Å². The molecule has 0 saturated carbocycles. The Bertz CT molecular complexity index is 635. The molecule has 140 valence electrons. The van der Waals surface area contributed by atoms with Crippen molar-refractivity contribution >= 4 is 5.91 Å². The van der Waals surface area contributed by atoms with Gasteiger partial charge in [0.1, 0.15) is 0 Å². The quantitative estimate of drug-likeness (QED) is 0.826. The Morgan fingerprint density at radius 1 is 1.08 bits per heavy atom. The molecule has 2 saturated heterocycles. The summed E-state index contributed by atoms with van der Waals surface area (Å²) in [5.41, 5.74) is 3.65. The molecule has 2 aliphatic heterocycles. The van der Waals surface area contributed by atoms with E-state index in [1.807, 2.05) is 32.5 Å². The summed E-state index contributed by atoms with van der Waals surface area (Å²) in [5.74, 6) is 0.294. The molecule has 3 rings (SSSR count). The third kappa shape index (κ3) is 3.48. The molecular weight excluding hydrogens is 312 g/mol. The van der Waals surface area contributed by atoms with Crippen molar-refractivity contribution < 1.29 is 4.79 Å². The van der Waals surface area contributed by atoms with Gasteiger partial charge in [0.15, 0.2) is 0 Å². The number of likely N-dealkylation sites (tertiary alicyclic amines) is 2. The number of hydrogen-bond donors (Lipinski definition) is 0. The second-order valence-corrected chi connectivity index (χ2v) is 8.88. The molecule has 0 aromatic carbocycles. The fourth-order valence-electron chi connectivity index (χ4n) is 4.68. The zero-order valence-corrected chi connectivity index (χ0v) is 16.8. The van der Waals surface area contributed by atoms with Gasteiger partial charge >= 0.3 is 0 Å². The van der Waals surface area contributed by atoms with E-state index in [0.29, 0.717) is 18.0 Å². The van der Waals surface area contributed by atoms with Crippen molar-refractivity contribution in [3.63, 3.8) is 0 Å². The number of hydrogen-bond acceptors (Lipinski definition) is 3. The fraction of sp³-hybridized carbons (Fsp3) is 0.800. The summed E-state index contributed by atoms with van der Waals surface area (Å²) in [5, 5.41) is 4.63. The maximum absolute atomic E-state index is 12.5. The summed E-state index contributed by atoms with van der Waals surface area (Å²) in [7, 11) is 2.04. The SMILES string of the molecule is Cc1nn(C)c(C)c1[C@@H]1CCCN1C1CCN(C(=O)C(C)(C)C)CC1. The molecule has 0 aliphatic carbocycles. The maximum atomic E-state index is 12.5. The van der Waals surface area contributed by atoms with Crippen LogP contribution in [0.4, 0.5) is 0 Å². The summed E-state index contributed by atoms with van der Waals surface area (Å²) < 4.78 is 2.02. The molecule has 25 heavy (non-hydrogen) atoms. The van der Waals surface area contributed by atoms with Crippen LogP contribution in [0.25, 0.3) is 0 Å². The van der Waals surface area contributed by atoms with Gasteiger partial charge in [-0.1, -0.05) is 20.8 Å². The summed E-state index contributed by atoms with van der Waals surface area (Å²) >= 11 is 0. The van der Waals surface area contributed by atoms with E-state index in [2.05, 4.69) is 28.7 Å². The number of amides is 1. The third-order valence-electron chi connectivity index (χ3n) is 6.05. The van der Waals surface area contributed by atoms with Crippen LogP contribution in [0.3, 0.4) is 0 Å². The maximum Gasteiger partial charge on any atom is 0.227 e. The minimum Gasteiger partial charge on any atom is -0.342 e. The predicted molar refractivity (Wildman–Crippen MR) is 100 cm³/mol. The Balaban J connectivity index is 1.70. The van der Waals surface area contributed by atoms with E-state index < -0.39 is 0 Å². The summed E-state index contributed by atoms with van der Waals surface area (Å²) in [6, 6.07) is 1.10. The number of rotatable bonds is 2. The molecule has 0 N–H and O–H groups in total. The Kier molecular flexibility index (Phi) is 4.97. The first kappa shape index (κ1) is 18.4. The molecule has 2 aliphatic rings. The van der Waals surface area contributed by atoms with Gasteiger partial charge in [-0.3, -0.25) is 14.4 Å². The monoisotopic (exact) mass is 346 g/mol. The van der Waals surface area contributed by atoms with Crippen molar-refractivity contribution in [1.82, 2.24) is 19.6 Å². The molecule has 1 aromatic rings.